The third kappa shape index (κ3) is 5.92. The van der Waals surface area contributed by atoms with Gasteiger partial charge in [0.25, 0.3) is 0 Å². The number of hydrogen-bond donors (Lipinski definition) is 2. The number of aromatic carboxylic acids is 1. The van der Waals surface area contributed by atoms with E-state index in [-0.39, 0.29) is 34.5 Å². The van der Waals surface area contributed by atoms with Crippen LogP contribution in [0.15, 0.2) is 66.7 Å². The highest BCUT2D eigenvalue weighted by Gasteiger charge is 2.22. The van der Waals surface area contributed by atoms with Crippen LogP contribution in [-0.4, -0.2) is 21.8 Å². The predicted molar refractivity (Wildman–Crippen MR) is 135 cm³/mol. The smallest absolute Gasteiger partial charge is 0.349 e. The zero-order valence-corrected chi connectivity index (χ0v) is 20.4. The number of halogens is 2. The largest absolute Gasteiger partial charge is 0.489 e. The summed E-state index contributed by atoms with van der Waals surface area (Å²) in [7, 11) is 0. The molecule has 0 radical (unpaired) electrons. The molecule has 3 aromatic carbocycles. The van der Waals surface area contributed by atoms with Crippen LogP contribution in [0.25, 0.3) is 0 Å². The SMILES string of the molecule is Nc1nc(C(=O)c2cc(OCc3ccccc3Cl)cc(OCc3ccccc3Cl)c2)sc1C(=O)O. The number of thiazole rings is 1. The van der Waals surface area contributed by atoms with Crippen molar-refractivity contribution in [1.29, 1.82) is 0 Å². The minimum Gasteiger partial charge on any atom is -0.489 e. The second-order valence-electron chi connectivity index (χ2n) is 7.32. The average Bonchev–Trinajstić information content (AvgIpc) is 3.24. The van der Waals surface area contributed by atoms with Gasteiger partial charge >= 0.3 is 5.97 Å². The average molecular weight is 529 g/mol. The summed E-state index contributed by atoms with van der Waals surface area (Å²) in [6.07, 6.45) is 0. The maximum absolute atomic E-state index is 13.1. The topological polar surface area (TPSA) is 112 Å². The zero-order chi connectivity index (χ0) is 24.9. The summed E-state index contributed by atoms with van der Waals surface area (Å²) < 4.78 is 11.8. The van der Waals surface area contributed by atoms with Crippen LogP contribution in [0.1, 0.15) is 36.2 Å². The second kappa shape index (κ2) is 10.8. The maximum Gasteiger partial charge on any atom is 0.349 e. The molecule has 0 amide bonds. The number of aromatic nitrogens is 1. The van der Waals surface area contributed by atoms with Crippen LogP contribution < -0.4 is 15.2 Å². The molecule has 4 rings (SSSR count). The summed E-state index contributed by atoms with van der Waals surface area (Å²) >= 11 is 13.1. The van der Waals surface area contributed by atoms with Crippen LogP contribution in [-0.2, 0) is 13.2 Å². The van der Waals surface area contributed by atoms with Crippen molar-refractivity contribution in [3.63, 3.8) is 0 Å². The number of nitrogens with two attached hydrogens (primary N) is 1. The highest BCUT2D eigenvalue weighted by Crippen LogP contribution is 2.30. The Labute approximate surface area is 214 Å². The number of nitrogen functional groups attached to an aromatic ring is 1. The molecular formula is C25H18Cl2N2O5S. The van der Waals surface area contributed by atoms with Gasteiger partial charge in [-0.25, -0.2) is 9.78 Å². The number of anilines is 1. The summed E-state index contributed by atoms with van der Waals surface area (Å²) in [6.45, 7) is 0.323. The summed E-state index contributed by atoms with van der Waals surface area (Å²) in [6, 6.07) is 19.2. The van der Waals surface area contributed by atoms with Crippen molar-refractivity contribution in [3.05, 3.63) is 103 Å². The van der Waals surface area contributed by atoms with E-state index in [1.54, 1.807) is 18.2 Å². The summed E-state index contributed by atoms with van der Waals surface area (Å²) in [5.41, 5.74) is 7.39. The molecule has 0 aliphatic rings. The van der Waals surface area contributed by atoms with Gasteiger partial charge in [0, 0.05) is 32.8 Å². The van der Waals surface area contributed by atoms with Gasteiger partial charge in [0.05, 0.1) is 0 Å². The van der Waals surface area contributed by atoms with Crippen LogP contribution in [0.3, 0.4) is 0 Å². The number of rotatable bonds is 9. The quantitative estimate of drug-likeness (QED) is 0.251. The van der Waals surface area contributed by atoms with Gasteiger partial charge in [-0.2, -0.15) is 0 Å². The Morgan fingerprint density at radius 3 is 1.86 bits per heavy atom. The number of carboxylic acid groups (broad SMARTS) is 1. The first-order valence-electron chi connectivity index (χ1n) is 10.2. The Bertz CT molecular complexity index is 1340. The molecule has 7 nitrogen and oxygen atoms in total. The molecular weight excluding hydrogens is 511 g/mol. The standard InChI is InChI=1S/C25H18Cl2N2O5S/c26-19-7-3-1-5-14(19)12-33-17-9-16(21(30)24-29-23(28)22(35-24)25(31)32)10-18(11-17)34-13-15-6-2-4-8-20(15)27/h1-11H,12-13,28H2,(H,31,32). The first-order chi connectivity index (χ1) is 16.8. The lowest BCUT2D eigenvalue weighted by Gasteiger charge is -2.13. The lowest BCUT2D eigenvalue weighted by molar-refractivity contribution is 0.0703. The van der Waals surface area contributed by atoms with Crippen molar-refractivity contribution in [3.8, 4) is 11.5 Å². The van der Waals surface area contributed by atoms with E-state index < -0.39 is 11.8 Å². The number of carbonyl (C=O) groups excluding carboxylic acids is 1. The Hall–Kier alpha value is -3.59. The Morgan fingerprint density at radius 1 is 0.886 bits per heavy atom. The summed E-state index contributed by atoms with van der Waals surface area (Å²) in [5, 5.41) is 10.3. The fourth-order valence-corrected chi connectivity index (χ4v) is 4.29. The van der Waals surface area contributed by atoms with E-state index in [1.807, 2.05) is 36.4 Å². The van der Waals surface area contributed by atoms with Gasteiger partial charge in [0.1, 0.15) is 30.5 Å². The lowest BCUT2D eigenvalue weighted by Crippen LogP contribution is -2.05. The van der Waals surface area contributed by atoms with Crippen LogP contribution in [0.5, 0.6) is 11.5 Å². The van der Waals surface area contributed by atoms with Gasteiger partial charge in [-0.1, -0.05) is 59.6 Å². The Balaban J connectivity index is 1.64. The van der Waals surface area contributed by atoms with Crippen LogP contribution in [0.2, 0.25) is 10.0 Å². The Kier molecular flexibility index (Phi) is 7.55. The molecule has 178 valence electrons. The number of nitrogens with zero attached hydrogens (tertiary/aromatic N) is 1. The van der Waals surface area contributed by atoms with Gasteiger partial charge in [0.15, 0.2) is 9.88 Å². The van der Waals surface area contributed by atoms with Crippen molar-refractivity contribution in [2.24, 2.45) is 0 Å². The number of carboxylic acids is 1. The molecule has 0 spiro atoms. The first-order valence-corrected chi connectivity index (χ1v) is 11.8. The molecule has 0 saturated carbocycles. The molecule has 1 aromatic heterocycles. The molecule has 0 unspecified atom stereocenters. The molecule has 0 saturated heterocycles. The summed E-state index contributed by atoms with van der Waals surface area (Å²) in [5.74, 6) is -1.27. The van der Waals surface area contributed by atoms with E-state index in [9.17, 15) is 14.7 Å². The number of ketones is 1. The minimum absolute atomic E-state index is 0.0554. The van der Waals surface area contributed by atoms with Crippen molar-refractivity contribution in [2.45, 2.75) is 13.2 Å². The van der Waals surface area contributed by atoms with E-state index in [2.05, 4.69) is 4.98 Å². The first kappa shape index (κ1) is 24.5. The molecule has 0 aliphatic carbocycles. The van der Waals surface area contributed by atoms with Crippen LogP contribution >= 0.6 is 34.5 Å². The van der Waals surface area contributed by atoms with Crippen molar-refractivity contribution in [1.82, 2.24) is 4.98 Å². The fraction of sp³-hybridized carbons (Fsp3) is 0.0800. The highest BCUT2D eigenvalue weighted by atomic mass is 35.5. The minimum atomic E-state index is -1.25. The third-order valence-electron chi connectivity index (χ3n) is 4.89. The Morgan fingerprint density at radius 2 is 1.40 bits per heavy atom. The van der Waals surface area contributed by atoms with Gasteiger partial charge in [-0.15, -0.1) is 11.3 Å². The number of carbonyl (C=O) groups is 2. The molecule has 4 aromatic rings. The molecule has 0 atom stereocenters. The highest BCUT2D eigenvalue weighted by molar-refractivity contribution is 7.16. The lowest BCUT2D eigenvalue weighted by atomic mass is 10.1. The molecule has 0 fully saturated rings. The monoisotopic (exact) mass is 528 g/mol. The molecule has 35 heavy (non-hydrogen) atoms. The van der Waals surface area contributed by atoms with Gasteiger partial charge in [0.2, 0.25) is 5.78 Å². The number of ether oxygens (including phenoxy) is 2. The summed E-state index contributed by atoms with van der Waals surface area (Å²) in [4.78, 5) is 28.2. The normalized spacial score (nSPS) is 10.7. The zero-order valence-electron chi connectivity index (χ0n) is 18.0. The number of benzene rings is 3. The number of hydrogen-bond acceptors (Lipinski definition) is 7. The van der Waals surface area contributed by atoms with Crippen molar-refractivity contribution in [2.75, 3.05) is 5.73 Å². The van der Waals surface area contributed by atoms with E-state index in [0.717, 1.165) is 11.1 Å². The fourth-order valence-electron chi connectivity index (χ4n) is 3.13. The van der Waals surface area contributed by atoms with E-state index in [0.29, 0.717) is 32.9 Å². The predicted octanol–water partition coefficient (Wildman–Crippen LogP) is 6.12. The molecule has 0 bridgehead atoms. The van der Waals surface area contributed by atoms with Gasteiger partial charge in [-0.05, 0) is 24.3 Å². The van der Waals surface area contributed by atoms with Crippen molar-refractivity contribution < 1.29 is 24.2 Å². The molecule has 0 aliphatic heterocycles. The van der Waals surface area contributed by atoms with Crippen LogP contribution in [0, 0.1) is 0 Å². The van der Waals surface area contributed by atoms with Gasteiger partial charge in [-0.3, -0.25) is 4.79 Å². The van der Waals surface area contributed by atoms with E-state index in [4.69, 9.17) is 38.4 Å². The van der Waals surface area contributed by atoms with Crippen LogP contribution in [0.4, 0.5) is 5.82 Å². The second-order valence-corrected chi connectivity index (χ2v) is 9.13. The van der Waals surface area contributed by atoms with Gasteiger partial charge < -0.3 is 20.3 Å². The maximum atomic E-state index is 13.1. The van der Waals surface area contributed by atoms with E-state index >= 15 is 0 Å². The molecule has 1 heterocycles. The van der Waals surface area contributed by atoms with E-state index in [1.165, 1.54) is 12.1 Å². The molecule has 3 N–H and O–H groups in total. The van der Waals surface area contributed by atoms with Crippen molar-refractivity contribution >= 4 is 52.1 Å². The third-order valence-corrected chi connectivity index (χ3v) is 6.68. The molecule has 10 heteroatoms.